The number of aryl methyl sites for hydroxylation is 1. The molecule has 108 valence electrons. The van der Waals surface area contributed by atoms with E-state index in [1.165, 1.54) is 6.07 Å². The van der Waals surface area contributed by atoms with E-state index in [0.717, 1.165) is 25.1 Å². The summed E-state index contributed by atoms with van der Waals surface area (Å²) < 4.78 is 16.0. The fourth-order valence-electron chi connectivity index (χ4n) is 2.23. The van der Waals surface area contributed by atoms with Crippen LogP contribution in [-0.4, -0.2) is 16.3 Å². The lowest BCUT2D eigenvalue weighted by Gasteiger charge is -2.17. The molecule has 0 saturated carbocycles. The molecule has 0 radical (unpaired) electrons. The summed E-state index contributed by atoms with van der Waals surface area (Å²) in [6, 6.07) is 4.57. The molecule has 20 heavy (non-hydrogen) atoms. The van der Waals surface area contributed by atoms with Gasteiger partial charge in [-0.2, -0.15) is 5.10 Å². The molecule has 1 unspecified atom stereocenters. The van der Waals surface area contributed by atoms with Crippen LogP contribution in [-0.2, 0) is 6.54 Å². The van der Waals surface area contributed by atoms with Crippen molar-refractivity contribution in [3.05, 3.63) is 52.6 Å². The summed E-state index contributed by atoms with van der Waals surface area (Å²) in [5.74, 6) is -0.299. The highest BCUT2D eigenvalue weighted by Gasteiger charge is 2.18. The Balaban J connectivity index is 2.34. The first kappa shape index (κ1) is 15.0. The third-order valence-corrected chi connectivity index (χ3v) is 3.36. The highest BCUT2D eigenvalue weighted by Crippen LogP contribution is 2.26. The first-order chi connectivity index (χ1) is 9.65. The Kier molecular flexibility index (Phi) is 5.15. The maximum atomic E-state index is 14.1. The first-order valence-electron chi connectivity index (χ1n) is 6.86. The van der Waals surface area contributed by atoms with Crippen molar-refractivity contribution in [1.29, 1.82) is 0 Å². The first-order valence-corrected chi connectivity index (χ1v) is 7.24. The zero-order chi connectivity index (χ0) is 14.5. The van der Waals surface area contributed by atoms with E-state index in [2.05, 4.69) is 17.3 Å². The molecule has 0 aliphatic heterocycles. The van der Waals surface area contributed by atoms with E-state index in [9.17, 15) is 4.39 Å². The fraction of sp³-hybridized carbons (Fsp3) is 0.400. The monoisotopic (exact) mass is 295 g/mol. The average molecular weight is 296 g/mol. The van der Waals surface area contributed by atoms with Crippen molar-refractivity contribution in [1.82, 2.24) is 15.1 Å². The van der Waals surface area contributed by atoms with Gasteiger partial charge in [0.15, 0.2) is 0 Å². The lowest BCUT2D eigenvalue weighted by atomic mass is 10.0. The molecule has 0 bridgehead atoms. The molecule has 1 atom stereocenters. The quantitative estimate of drug-likeness (QED) is 0.879. The molecule has 5 heteroatoms. The van der Waals surface area contributed by atoms with Gasteiger partial charge in [0.2, 0.25) is 0 Å². The molecule has 0 fully saturated rings. The number of aromatic nitrogens is 2. The number of benzene rings is 1. The summed E-state index contributed by atoms with van der Waals surface area (Å²) >= 11 is 5.81. The highest BCUT2D eigenvalue weighted by atomic mass is 35.5. The lowest BCUT2D eigenvalue weighted by Crippen LogP contribution is -2.22. The second-order valence-electron chi connectivity index (χ2n) is 4.69. The van der Waals surface area contributed by atoms with Gasteiger partial charge in [-0.05, 0) is 25.1 Å². The van der Waals surface area contributed by atoms with Gasteiger partial charge in [-0.1, -0.05) is 31.5 Å². The van der Waals surface area contributed by atoms with E-state index in [1.807, 2.05) is 17.8 Å². The Labute approximate surface area is 123 Å². The number of hydrogen-bond donors (Lipinski definition) is 1. The van der Waals surface area contributed by atoms with E-state index in [-0.39, 0.29) is 11.9 Å². The Morgan fingerprint density at radius 2 is 2.20 bits per heavy atom. The van der Waals surface area contributed by atoms with Crippen LogP contribution in [0.2, 0.25) is 5.02 Å². The number of halogens is 2. The van der Waals surface area contributed by atoms with Gasteiger partial charge in [-0.15, -0.1) is 0 Å². The molecule has 1 heterocycles. The third-order valence-electron chi connectivity index (χ3n) is 3.12. The molecular weight excluding hydrogens is 277 g/mol. The molecule has 0 amide bonds. The van der Waals surface area contributed by atoms with E-state index in [4.69, 9.17) is 11.6 Å². The molecule has 3 nitrogen and oxygen atoms in total. The summed E-state index contributed by atoms with van der Waals surface area (Å²) in [7, 11) is 0. The van der Waals surface area contributed by atoms with E-state index in [0.29, 0.717) is 10.6 Å². The zero-order valence-corrected chi connectivity index (χ0v) is 12.5. The van der Waals surface area contributed by atoms with Gasteiger partial charge in [0.25, 0.3) is 0 Å². The highest BCUT2D eigenvalue weighted by molar-refractivity contribution is 6.30. The van der Waals surface area contributed by atoms with Crippen LogP contribution in [0.25, 0.3) is 0 Å². The van der Waals surface area contributed by atoms with Gasteiger partial charge in [0, 0.05) is 28.9 Å². The number of hydrogen-bond acceptors (Lipinski definition) is 2. The van der Waals surface area contributed by atoms with Crippen LogP contribution in [0.5, 0.6) is 0 Å². The Morgan fingerprint density at radius 1 is 1.40 bits per heavy atom. The maximum absolute atomic E-state index is 14.1. The van der Waals surface area contributed by atoms with Gasteiger partial charge < -0.3 is 5.32 Å². The smallest absolute Gasteiger partial charge is 0.129 e. The van der Waals surface area contributed by atoms with Crippen LogP contribution in [0.1, 0.15) is 37.4 Å². The van der Waals surface area contributed by atoms with Crippen molar-refractivity contribution >= 4 is 11.6 Å². The van der Waals surface area contributed by atoms with Crippen LogP contribution >= 0.6 is 11.6 Å². The van der Waals surface area contributed by atoms with Gasteiger partial charge >= 0.3 is 0 Å². The summed E-state index contributed by atoms with van der Waals surface area (Å²) in [6.07, 6.45) is 4.77. The van der Waals surface area contributed by atoms with Crippen LogP contribution < -0.4 is 5.32 Å². The Hall–Kier alpha value is -1.39. The number of nitrogens with zero attached hydrogens (tertiary/aromatic N) is 2. The zero-order valence-electron chi connectivity index (χ0n) is 11.7. The molecule has 1 aromatic heterocycles. The van der Waals surface area contributed by atoms with Gasteiger partial charge in [-0.3, -0.25) is 4.68 Å². The second kappa shape index (κ2) is 6.86. The average Bonchev–Trinajstić information content (AvgIpc) is 2.86. The largest absolute Gasteiger partial charge is 0.306 e. The predicted octanol–water partition coefficient (Wildman–Crippen LogP) is 3.78. The molecule has 1 N–H and O–H groups in total. The van der Waals surface area contributed by atoms with Gasteiger partial charge in [0.05, 0.1) is 12.2 Å². The van der Waals surface area contributed by atoms with Gasteiger partial charge in [0.1, 0.15) is 5.82 Å². The standard InChI is InChI=1S/C15H19ClFN3/c1-3-7-20-10-11(9-19-20)15(18-4-2)13-6-5-12(16)8-14(13)17/h5-6,8-10,15,18H,3-4,7H2,1-2H3. The molecule has 2 aromatic rings. The summed E-state index contributed by atoms with van der Waals surface area (Å²) in [5.41, 5.74) is 1.55. The van der Waals surface area contributed by atoms with E-state index >= 15 is 0 Å². The predicted molar refractivity (Wildman–Crippen MR) is 79.4 cm³/mol. The van der Waals surface area contributed by atoms with Crippen molar-refractivity contribution in [3.63, 3.8) is 0 Å². The Morgan fingerprint density at radius 3 is 2.85 bits per heavy atom. The van der Waals surface area contributed by atoms with Crippen molar-refractivity contribution in [2.75, 3.05) is 6.54 Å². The molecule has 0 aliphatic rings. The van der Waals surface area contributed by atoms with E-state index in [1.54, 1.807) is 18.3 Å². The number of rotatable bonds is 6. The van der Waals surface area contributed by atoms with Gasteiger partial charge in [-0.25, -0.2) is 4.39 Å². The summed E-state index contributed by atoms with van der Waals surface area (Å²) in [6.45, 7) is 5.70. The van der Waals surface area contributed by atoms with Crippen molar-refractivity contribution in [2.24, 2.45) is 0 Å². The van der Waals surface area contributed by atoms with Crippen LogP contribution in [0, 0.1) is 5.82 Å². The lowest BCUT2D eigenvalue weighted by molar-refractivity contribution is 0.557. The molecule has 1 aromatic carbocycles. The molecule has 0 spiro atoms. The normalized spacial score (nSPS) is 12.6. The number of nitrogens with one attached hydrogen (secondary N) is 1. The maximum Gasteiger partial charge on any atom is 0.129 e. The minimum atomic E-state index is -0.299. The summed E-state index contributed by atoms with van der Waals surface area (Å²) in [4.78, 5) is 0. The third kappa shape index (κ3) is 3.38. The minimum Gasteiger partial charge on any atom is -0.306 e. The fourth-order valence-corrected chi connectivity index (χ4v) is 2.39. The molecule has 0 aliphatic carbocycles. The summed E-state index contributed by atoms with van der Waals surface area (Å²) in [5, 5.41) is 8.01. The minimum absolute atomic E-state index is 0.206. The van der Waals surface area contributed by atoms with Crippen molar-refractivity contribution in [3.8, 4) is 0 Å². The Bertz CT molecular complexity index is 568. The topological polar surface area (TPSA) is 29.9 Å². The molecule has 2 rings (SSSR count). The SMILES string of the molecule is CCCn1cc(C(NCC)c2ccc(Cl)cc2F)cn1. The molecule has 0 saturated heterocycles. The van der Waals surface area contributed by atoms with Crippen molar-refractivity contribution < 1.29 is 4.39 Å². The molecular formula is C15H19ClFN3. The van der Waals surface area contributed by atoms with E-state index < -0.39 is 0 Å². The van der Waals surface area contributed by atoms with Crippen LogP contribution in [0.4, 0.5) is 4.39 Å². The second-order valence-corrected chi connectivity index (χ2v) is 5.13. The van der Waals surface area contributed by atoms with Crippen LogP contribution in [0.3, 0.4) is 0 Å². The van der Waals surface area contributed by atoms with Crippen molar-refractivity contribution in [2.45, 2.75) is 32.9 Å². The van der Waals surface area contributed by atoms with Crippen LogP contribution in [0.15, 0.2) is 30.6 Å².